The standard InChI is InChI=1S/C17H18Cl2N4OS/c1-10(2)12(7-11-3-4-13(18)8-14(11)19)9-21-16-22-23-15(24)5-6-20-17(23)25-16/h3-6,8,10,12H,7,9H2,1-2H3,(H,21,22). The van der Waals surface area contributed by atoms with Crippen LogP contribution in [0, 0.1) is 11.8 Å². The molecule has 3 aromatic rings. The third-order valence-corrected chi connectivity index (χ3v) is 5.59. The van der Waals surface area contributed by atoms with Crippen molar-refractivity contribution in [3.63, 3.8) is 0 Å². The third kappa shape index (κ3) is 4.32. The number of fused-ring (bicyclic) bond motifs is 1. The molecule has 2 aromatic heterocycles. The zero-order valence-electron chi connectivity index (χ0n) is 13.9. The summed E-state index contributed by atoms with van der Waals surface area (Å²) in [6.45, 7) is 5.09. The number of anilines is 1. The minimum Gasteiger partial charge on any atom is -0.360 e. The fourth-order valence-electron chi connectivity index (χ4n) is 2.55. The van der Waals surface area contributed by atoms with Crippen LogP contribution < -0.4 is 10.9 Å². The summed E-state index contributed by atoms with van der Waals surface area (Å²) in [4.78, 5) is 16.5. The van der Waals surface area contributed by atoms with E-state index in [2.05, 4.69) is 29.2 Å². The van der Waals surface area contributed by atoms with Gasteiger partial charge in [-0.05, 0) is 36.0 Å². The minimum absolute atomic E-state index is 0.178. The lowest BCUT2D eigenvalue weighted by Crippen LogP contribution is -2.22. The topological polar surface area (TPSA) is 59.3 Å². The lowest BCUT2D eigenvalue weighted by Gasteiger charge is -2.21. The van der Waals surface area contributed by atoms with Gasteiger partial charge in [0.05, 0.1) is 0 Å². The second-order valence-corrected chi connectivity index (χ2v) is 8.01. The Morgan fingerprint density at radius 3 is 2.76 bits per heavy atom. The second-order valence-electron chi connectivity index (χ2n) is 6.21. The number of halogens is 2. The van der Waals surface area contributed by atoms with E-state index in [4.69, 9.17) is 23.2 Å². The van der Waals surface area contributed by atoms with Crippen LogP contribution in [0.15, 0.2) is 35.3 Å². The summed E-state index contributed by atoms with van der Waals surface area (Å²) >= 11 is 13.6. The highest BCUT2D eigenvalue weighted by atomic mass is 35.5. The molecule has 5 nitrogen and oxygen atoms in total. The number of hydrogen-bond acceptors (Lipinski definition) is 5. The highest BCUT2D eigenvalue weighted by Crippen LogP contribution is 2.26. The van der Waals surface area contributed by atoms with E-state index < -0.39 is 0 Å². The molecule has 0 saturated carbocycles. The van der Waals surface area contributed by atoms with Crippen molar-refractivity contribution in [1.82, 2.24) is 14.6 Å². The molecule has 8 heteroatoms. The quantitative estimate of drug-likeness (QED) is 0.671. The van der Waals surface area contributed by atoms with E-state index in [9.17, 15) is 4.79 Å². The van der Waals surface area contributed by atoms with Crippen molar-refractivity contribution in [3.8, 4) is 0 Å². The fourth-order valence-corrected chi connectivity index (χ4v) is 3.81. The van der Waals surface area contributed by atoms with Crippen molar-refractivity contribution in [3.05, 3.63) is 56.4 Å². The summed E-state index contributed by atoms with van der Waals surface area (Å²) in [5.41, 5.74) is 0.899. The van der Waals surface area contributed by atoms with Gasteiger partial charge in [-0.25, -0.2) is 4.98 Å². The van der Waals surface area contributed by atoms with Gasteiger partial charge >= 0.3 is 0 Å². The van der Waals surface area contributed by atoms with Crippen LogP contribution in [0.1, 0.15) is 19.4 Å². The Morgan fingerprint density at radius 2 is 2.08 bits per heavy atom. The van der Waals surface area contributed by atoms with Crippen LogP contribution in [0.2, 0.25) is 10.0 Å². The average Bonchev–Trinajstić information content (AvgIpc) is 2.97. The van der Waals surface area contributed by atoms with E-state index in [1.165, 1.54) is 28.1 Å². The number of nitrogens with zero attached hydrogens (tertiary/aromatic N) is 3. The zero-order valence-corrected chi connectivity index (χ0v) is 16.2. The molecule has 0 fully saturated rings. The maximum Gasteiger partial charge on any atom is 0.275 e. The molecule has 0 bridgehead atoms. The molecule has 0 radical (unpaired) electrons. The van der Waals surface area contributed by atoms with Crippen LogP contribution in [-0.2, 0) is 6.42 Å². The van der Waals surface area contributed by atoms with Gasteiger partial charge in [-0.15, -0.1) is 5.10 Å². The molecule has 0 saturated heterocycles. The van der Waals surface area contributed by atoms with E-state index in [0.29, 0.717) is 32.0 Å². The highest BCUT2D eigenvalue weighted by Gasteiger charge is 2.17. The zero-order chi connectivity index (χ0) is 18.0. The van der Waals surface area contributed by atoms with Gasteiger partial charge in [-0.3, -0.25) is 4.79 Å². The first-order chi connectivity index (χ1) is 11.9. The van der Waals surface area contributed by atoms with Crippen LogP contribution in [-0.4, -0.2) is 21.1 Å². The summed E-state index contributed by atoms with van der Waals surface area (Å²) in [5, 5.41) is 9.63. The predicted octanol–water partition coefficient (Wildman–Crippen LogP) is 4.38. The summed E-state index contributed by atoms with van der Waals surface area (Å²) in [7, 11) is 0. The third-order valence-electron chi connectivity index (χ3n) is 4.13. The van der Waals surface area contributed by atoms with Crippen molar-refractivity contribution >= 4 is 44.6 Å². The Morgan fingerprint density at radius 1 is 1.28 bits per heavy atom. The van der Waals surface area contributed by atoms with Gasteiger partial charge in [0.25, 0.3) is 5.56 Å². The van der Waals surface area contributed by atoms with Crippen LogP contribution in [0.3, 0.4) is 0 Å². The highest BCUT2D eigenvalue weighted by molar-refractivity contribution is 7.20. The number of aromatic nitrogens is 3. The van der Waals surface area contributed by atoms with Gasteiger partial charge in [-0.1, -0.05) is 54.5 Å². The molecule has 3 rings (SSSR count). The lowest BCUT2D eigenvalue weighted by molar-refractivity contribution is 0.401. The Bertz CT molecular complexity index is 938. The number of hydrogen-bond donors (Lipinski definition) is 1. The van der Waals surface area contributed by atoms with Gasteiger partial charge in [-0.2, -0.15) is 4.52 Å². The molecule has 25 heavy (non-hydrogen) atoms. The van der Waals surface area contributed by atoms with Gasteiger partial charge < -0.3 is 5.32 Å². The molecule has 0 aliphatic carbocycles. The monoisotopic (exact) mass is 396 g/mol. The van der Waals surface area contributed by atoms with Crippen LogP contribution in [0.4, 0.5) is 5.13 Å². The van der Waals surface area contributed by atoms with E-state index in [-0.39, 0.29) is 5.56 Å². The van der Waals surface area contributed by atoms with Crippen molar-refractivity contribution < 1.29 is 0 Å². The lowest BCUT2D eigenvalue weighted by atomic mass is 9.89. The molecule has 1 unspecified atom stereocenters. The largest absolute Gasteiger partial charge is 0.360 e. The SMILES string of the molecule is CC(C)C(CNc1nn2c(=O)ccnc2s1)Cc1ccc(Cl)cc1Cl. The Labute approximate surface area is 159 Å². The average molecular weight is 397 g/mol. The molecule has 0 aliphatic rings. The number of rotatable bonds is 6. The minimum atomic E-state index is -0.178. The molecule has 132 valence electrons. The van der Waals surface area contributed by atoms with Crippen LogP contribution >= 0.6 is 34.5 Å². The predicted molar refractivity (Wildman–Crippen MR) is 104 cm³/mol. The fraction of sp³-hybridized carbons (Fsp3) is 0.353. The van der Waals surface area contributed by atoms with Gasteiger partial charge in [0, 0.05) is 28.9 Å². The van der Waals surface area contributed by atoms with E-state index in [1.54, 1.807) is 6.07 Å². The molecule has 1 aromatic carbocycles. The van der Waals surface area contributed by atoms with Crippen molar-refractivity contribution in [2.75, 3.05) is 11.9 Å². The summed E-state index contributed by atoms with van der Waals surface area (Å²) in [6, 6.07) is 7.01. The maximum absolute atomic E-state index is 11.8. The smallest absolute Gasteiger partial charge is 0.275 e. The first kappa shape index (κ1) is 18.2. The summed E-state index contributed by atoms with van der Waals surface area (Å²) < 4.78 is 1.31. The maximum atomic E-state index is 11.8. The Kier molecular flexibility index (Phi) is 5.61. The van der Waals surface area contributed by atoms with E-state index in [1.807, 2.05) is 12.1 Å². The van der Waals surface area contributed by atoms with Crippen molar-refractivity contribution in [2.45, 2.75) is 20.3 Å². The van der Waals surface area contributed by atoms with Crippen molar-refractivity contribution in [1.29, 1.82) is 0 Å². The summed E-state index contributed by atoms with van der Waals surface area (Å²) in [5.74, 6) is 0.810. The normalized spacial score (nSPS) is 12.7. The van der Waals surface area contributed by atoms with Crippen LogP contribution in [0.25, 0.3) is 4.96 Å². The van der Waals surface area contributed by atoms with E-state index in [0.717, 1.165) is 18.5 Å². The van der Waals surface area contributed by atoms with Gasteiger partial charge in [0.15, 0.2) is 0 Å². The molecule has 1 atom stereocenters. The molecule has 2 heterocycles. The number of nitrogens with one attached hydrogen (secondary N) is 1. The number of benzene rings is 1. The van der Waals surface area contributed by atoms with Crippen molar-refractivity contribution in [2.24, 2.45) is 11.8 Å². The molecule has 0 spiro atoms. The molecule has 1 N–H and O–H groups in total. The van der Waals surface area contributed by atoms with Gasteiger partial charge in [0.1, 0.15) is 0 Å². The Hall–Kier alpha value is -1.63. The molecule has 0 amide bonds. The van der Waals surface area contributed by atoms with E-state index >= 15 is 0 Å². The summed E-state index contributed by atoms with van der Waals surface area (Å²) in [6.07, 6.45) is 2.34. The first-order valence-electron chi connectivity index (χ1n) is 7.96. The molecular formula is C17H18Cl2N4OS. The Balaban J connectivity index is 1.73. The van der Waals surface area contributed by atoms with Gasteiger partial charge in [0.2, 0.25) is 10.1 Å². The molecule has 0 aliphatic heterocycles. The van der Waals surface area contributed by atoms with Crippen LogP contribution in [0.5, 0.6) is 0 Å². The molecular weight excluding hydrogens is 379 g/mol. The second kappa shape index (κ2) is 7.72. The first-order valence-corrected chi connectivity index (χ1v) is 9.54.